The summed E-state index contributed by atoms with van der Waals surface area (Å²) in [5.74, 6) is 1.72. The van der Waals surface area contributed by atoms with Gasteiger partial charge in [-0.1, -0.05) is 20.8 Å². The van der Waals surface area contributed by atoms with Gasteiger partial charge in [-0.25, -0.2) is 0 Å². The van der Waals surface area contributed by atoms with Gasteiger partial charge in [-0.05, 0) is 6.42 Å². The van der Waals surface area contributed by atoms with Crippen LogP contribution in [0.1, 0.15) is 27.2 Å². The van der Waals surface area contributed by atoms with E-state index in [1.165, 1.54) is 6.42 Å². The standard InChI is InChI=1S/C11H24N2OS/c1-4-11(9-12-10(2)3)13-5-7-15(14)8-6-13/h10-12H,4-9H2,1-3H3. The molecule has 0 spiro atoms. The number of rotatable bonds is 5. The van der Waals surface area contributed by atoms with E-state index in [0.29, 0.717) is 12.1 Å². The van der Waals surface area contributed by atoms with Crippen LogP contribution in [0.15, 0.2) is 0 Å². The van der Waals surface area contributed by atoms with E-state index in [1.54, 1.807) is 0 Å². The van der Waals surface area contributed by atoms with E-state index >= 15 is 0 Å². The Labute approximate surface area is 96.1 Å². The first-order valence-electron chi connectivity index (χ1n) is 5.96. The molecule has 90 valence electrons. The largest absolute Gasteiger partial charge is 0.313 e. The molecule has 0 aromatic heterocycles. The SMILES string of the molecule is CCC(CNC(C)C)N1CCS(=O)CC1. The van der Waals surface area contributed by atoms with Crippen LogP contribution in [0, 0.1) is 0 Å². The van der Waals surface area contributed by atoms with Crippen LogP contribution in [0.5, 0.6) is 0 Å². The van der Waals surface area contributed by atoms with Crippen LogP contribution in [0.25, 0.3) is 0 Å². The molecule has 1 heterocycles. The van der Waals surface area contributed by atoms with Crippen LogP contribution in [0.2, 0.25) is 0 Å². The van der Waals surface area contributed by atoms with Crippen LogP contribution in [-0.2, 0) is 10.8 Å². The van der Waals surface area contributed by atoms with Gasteiger partial charge in [0.1, 0.15) is 0 Å². The highest BCUT2D eigenvalue weighted by atomic mass is 32.2. The first-order valence-corrected chi connectivity index (χ1v) is 7.44. The second-order valence-corrected chi connectivity index (χ2v) is 6.21. The molecule has 0 bridgehead atoms. The molecule has 0 radical (unpaired) electrons. The van der Waals surface area contributed by atoms with Crippen LogP contribution >= 0.6 is 0 Å². The lowest BCUT2D eigenvalue weighted by Gasteiger charge is -2.34. The maximum absolute atomic E-state index is 11.3. The Balaban J connectivity index is 2.34. The first-order chi connectivity index (χ1) is 7.13. The summed E-state index contributed by atoms with van der Waals surface area (Å²) in [4.78, 5) is 2.48. The minimum atomic E-state index is -0.554. The van der Waals surface area contributed by atoms with Crippen LogP contribution < -0.4 is 5.32 Å². The Hall–Kier alpha value is 0.0700. The number of hydrogen-bond donors (Lipinski definition) is 1. The molecule has 0 aliphatic carbocycles. The maximum Gasteiger partial charge on any atom is 0.0363 e. The number of nitrogens with zero attached hydrogens (tertiary/aromatic N) is 1. The first kappa shape index (κ1) is 13.1. The van der Waals surface area contributed by atoms with Crippen molar-refractivity contribution in [3.05, 3.63) is 0 Å². The van der Waals surface area contributed by atoms with Gasteiger partial charge in [0.05, 0.1) is 0 Å². The van der Waals surface area contributed by atoms with Crippen LogP contribution in [-0.4, -0.2) is 52.3 Å². The smallest absolute Gasteiger partial charge is 0.0363 e. The fraction of sp³-hybridized carbons (Fsp3) is 1.00. The van der Waals surface area contributed by atoms with E-state index in [2.05, 4.69) is 31.0 Å². The van der Waals surface area contributed by atoms with Gasteiger partial charge in [0, 0.05) is 54.0 Å². The minimum Gasteiger partial charge on any atom is -0.313 e. The zero-order valence-corrected chi connectivity index (χ0v) is 11.0. The van der Waals surface area contributed by atoms with Crippen LogP contribution in [0.4, 0.5) is 0 Å². The van der Waals surface area contributed by atoms with Gasteiger partial charge in [0.15, 0.2) is 0 Å². The fourth-order valence-electron chi connectivity index (χ4n) is 1.92. The average Bonchev–Trinajstić information content (AvgIpc) is 2.21. The Morgan fingerprint density at radius 3 is 2.40 bits per heavy atom. The van der Waals surface area contributed by atoms with Crippen LogP contribution in [0.3, 0.4) is 0 Å². The summed E-state index contributed by atoms with van der Waals surface area (Å²) in [6, 6.07) is 1.17. The highest BCUT2D eigenvalue weighted by Crippen LogP contribution is 2.08. The highest BCUT2D eigenvalue weighted by Gasteiger charge is 2.21. The van der Waals surface area contributed by atoms with Gasteiger partial charge in [-0.3, -0.25) is 9.11 Å². The zero-order valence-electron chi connectivity index (χ0n) is 10.2. The molecular weight excluding hydrogens is 208 g/mol. The fourth-order valence-corrected chi connectivity index (χ4v) is 3.00. The molecule has 1 aliphatic rings. The summed E-state index contributed by atoms with van der Waals surface area (Å²) in [7, 11) is -0.554. The molecule has 1 rings (SSSR count). The van der Waals surface area contributed by atoms with Crippen molar-refractivity contribution < 1.29 is 4.21 Å². The molecule has 15 heavy (non-hydrogen) atoms. The molecule has 0 aromatic carbocycles. The van der Waals surface area contributed by atoms with Gasteiger partial charge in [-0.15, -0.1) is 0 Å². The number of hydrogen-bond acceptors (Lipinski definition) is 3. The van der Waals surface area contributed by atoms with Gasteiger partial charge < -0.3 is 5.32 Å². The van der Waals surface area contributed by atoms with E-state index < -0.39 is 10.8 Å². The summed E-state index contributed by atoms with van der Waals surface area (Å²) < 4.78 is 11.3. The molecular formula is C11H24N2OS. The third-order valence-electron chi connectivity index (χ3n) is 2.96. The van der Waals surface area contributed by atoms with Gasteiger partial charge in [0.2, 0.25) is 0 Å². The lowest BCUT2D eigenvalue weighted by Crippen LogP contribution is -2.49. The Morgan fingerprint density at radius 2 is 1.93 bits per heavy atom. The molecule has 1 atom stereocenters. The van der Waals surface area contributed by atoms with Crippen molar-refractivity contribution in [1.29, 1.82) is 0 Å². The monoisotopic (exact) mass is 232 g/mol. The highest BCUT2D eigenvalue weighted by molar-refractivity contribution is 7.85. The van der Waals surface area contributed by atoms with Gasteiger partial charge in [0.25, 0.3) is 0 Å². The molecule has 1 fully saturated rings. The topological polar surface area (TPSA) is 32.3 Å². The quantitative estimate of drug-likeness (QED) is 0.762. The second-order valence-electron chi connectivity index (χ2n) is 4.51. The second kappa shape index (κ2) is 6.61. The van der Waals surface area contributed by atoms with E-state index in [-0.39, 0.29) is 0 Å². The minimum absolute atomic E-state index is 0.554. The van der Waals surface area contributed by atoms with Gasteiger partial charge >= 0.3 is 0 Å². The summed E-state index contributed by atoms with van der Waals surface area (Å²) in [6.07, 6.45) is 1.17. The predicted octanol–water partition coefficient (Wildman–Crippen LogP) is 0.827. The third-order valence-corrected chi connectivity index (χ3v) is 4.24. The van der Waals surface area contributed by atoms with Gasteiger partial charge in [-0.2, -0.15) is 0 Å². The zero-order chi connectivity index (χ0) is 11.3. The summed E-state index contributed by atoms with van der Waals surface area (Å²) in [5.41, 5.74) is 0. The van der Waals surface area contributed by atoms with Crippen molar-refractivity contribution in [3.8, 4) is 0 Å². The van der Waals surface area contributed by atoms with Crippen molar-refractivity contribution >= 4 is 10.8 Å². The van der Waals surface area contributed by atoms with Crippen molar-refractivity contribution in [2.45, 2.75) is 39.3 Å². The third kappa shape index (κ3) is 4.62. The summed E-state index contributed by atoms with van der Waals surface area (Å²) in [5, 5.41) is 3.49. The number of nitrogens with one attached hydrogen (secondary N) is 1. The molecule has 3 nitrogen and oxygen atoms in total. The Morgan fingerprint density at radius 1 is 1.33 bits per heavy atom. The molecule has 1 unspecified atom stereocenters. The lowest BCUT2D eigenvalue weighted by atomic mass is 10.1. The molecule has 1 aliphatic heterocycles. The molecule has 4 heteroatoms. The van der Waals surface area contributed by atoms with Crippen molar-refractivity contribution in [3.63, 3.8) is 0 Å². The molecule has 0 saturated carbocycles. The summed E-state index contributed by atoms with van der Waals surface area (Å²) in [6.45, 7) is 9.66. The van der Waals surface area contributed by atoms with E-state index in [0.717, 1.165) is 31.1 Å². The molecule has 1 N–H and O–H groups in total. The average molecular weight is 232 g/mol. The molecule has 0 aromatic rings. The van der Waals surface area contributed by atoms with E-state index in [4.69, 9.17) is 0 Å². The van der Waals surface area contributed by atoms with Crippen molar-refractivity contribution in [2.75, 3.05) is 31.1 Å². The molecule has 0 amide bonds. The van der Waals surface area contributed by atoms with E-state index in [9.17, 15) is 4.21 Å². The van der Waals surface area contributed by atoms with Crippen molar-refractivity contribution in [2.24, 2.45) is 0 Å². The predicted molar refractivity (Wildman–Crippen MR) is 66.7 cm³/mol. The normalized spacial score (nSPS) is 22.1. The lowest BCUT2D eigenvalue weighted by molar-refractivity contribution is 0.200. The maximum atomic E-state index is 11.3. The Kier molecular flexibility index (Phi) is 5.79. The van der Waals surface area contributed by atoms with E-state index in [1.807, 2.05) is 0 Å². The molecule has 1 saturated heterocycles. The Bertz CT molecular complexity index is 199. The van der Waals surface area contributed by atoms with Crippen molar-refractivity contribution in [1.82, 2.24) is 10.2 Å². The summed E-state index contributed by atoms with van der Waals surface area (Å²) >= 11 is 0.